The molecule has 0 saturated heterocycles. The second kappa shape index (κ2) is 8.69. The summed E-state index contributed by atoms with van der Waals surface area (Å²) in [5.74, 6) is 0. The van der Waals surface area contributed by atoms with Gasteiger partial charge in [0.15, 0.2) is 0 Å². The molecule has 1 aromatic heterocycles. The second-order valence-corrected chi connectivity index (χ2v) is 9.49. The van der Waals surface area contributed by atoms with Gasteiger partial charge < -0.3 is 9.47 Å². The maximum Gasteiger partial charge on any atom is 0.0568 e. The average molecular weight is 475 g/mol. The van der Waals surface area contributed by atoms with Crippen molar-refractivity contribution in [3.05, 3.63) is 140 Å². The van der Waals surface area contributed by atoms with Crippen LogP contribution in [0.5, 0.6) is 0 Å². The topological polar surface area (TPSA) is 8.17 Å². The van der Waals surface area contributed by atoms with Crippen LogP contribution in [0.15, 0.2) is 140 Å². The van der Waals surface area contributed by atoms with Gasteiger partial charge in [-0.25, -0.2) is 0 Å². The monoisotopic (exact) mass is 474 g/mol. The van der Waals surface area contributed by atoms with E-state index in [1.165, 1.54) is 43.7 Å². The largest absolute Gasteiger partial charge is 0.343 e. The minimum absolute atomic E-state index is 1.14. The highest BCUT2D eigenvalue weighted by molar-refractivity contribution is 6.22. The summed E-state index contributed by atoms with van der Waals surface area (Å²) in [5.41, 5.74) is 8.41. The molecule has 2 nitrogen and oxygen atoms in total. The third-order valence-electron chi connectivity index (χ3n) is 7.37. The molecular weight excluding hydrogens is 448 g/mol. The normalized spacial score (nSPS) is 11.4. The van der Waals surface area contributed by atoms with E-state index in [9.17, 15) is 0 Å². The minimum Gasteiger partial charge on any atom is -0.343 e. The van der Waals surface area contributed by atoms with E-state index in [1.54, 1.807) is 0 Å². The Labute approximate surface area is 216 Å². The zero-order valence-corrected chi connectivity index (χ0v) is 20.7. The van der Waals surface area contributed by atoms with Gasteiger partial charge in [-0.3, -0.25) is 0 Å². The molecule has 0 aliphatic heterocycles. The summed E-state index contributed by atoms with van der Waals surface area (Å²) in [6, 6.07) is 49.9. The van der Waals surface area contributed by atoms with Crippen LogP contribution in [0.2, 0.25) is 0 Å². The number of rotatable bonds is 4. The van der Waals surface area contributed by atoms with Gasteiger partial charge >= 0.3 is 0 Å². The lowest BCUT2D eigenvalue weighted by Gasteiger charge is -2.25. The summed E-state index contributed by atoms with van der Waals surface area (Å²) < 4.78 is 2.35. The summed E-state index contributed by atoms with van der Waals surface area (Å²) in [6.07, 6.45) is 0. The molecule has 0 N–H and O–H groups in total. The van der Waals surface area contributed by atoms with Crippen molar-refractivity contribution in [3.63, 3.8) is 0 Å². The maximum atomic E-state index is 2.35. The first kappa shape index (κ1) is 21.5. The fraction of sp³-hybridized carbons (Fsp3) is 0.0286. The summed E-state index contributed by atoms with van der Waals surface area (Å²) in [5, 5.41) is 5.21. The van der Waals surface area contributed by atoms with E-state index in [0.717, 1.165) is 17.1 Å². The van der Waals surface area contributed by atoms with Gasteiger partial charge in [0.2, 0.25) is 0 Å². The van der Waals surface area contributed by atoms with Crippen LogP contribution in [0.4, 0.5) is 17.1 Å². The molecule has 0 fully saturated rings. The standard InChI is InChI=1S/C35H26N2/c1-36-33-24-21-25-11-8-9-16-30(25)34(33)32-18-10-17-31(35(32)36)26-19-22-29(23-20-26)37(27-12-4-2-5-13-27)28-14-6-3-7-15-28/h2-24H,1H3. The number of anilines is 3. The van der Waals surface area contributed by atoms with Crippen molar-refractivity contribution in [1.29, 1.82) is 0 Å². The predicted octanol–water partition coefficient (Wildman–Crippen LogP) is 9.62. The molecule has 0 aliphatic rings. The van der Waals surface area contributed by atoms with Crippen molar-refractivity contribution in [2.75, 3.05) is 4.90 Å². The lowest BCUT2D eigenvalue weighted by atomic mass is 9.99. The fourth-order valence-electron chi connectivity index (χ4n) is 5.67. The van der Waals surface area contributed by atoms with E-state index >= 15 is 0 Å². The van der Waals surface area contributed by atoms with Gasteiger partial charge in [0.05, 0.1) is 5.52 Å². The lowest BCUT2D eigenvalue weighted by molar-refractivity contribution is 1.02. The van der Waals surface area contributed by atoms with Gasteiger partial charge in [-0.05, 0) is 58.8 Å². The Bertz CT molecular complexity index is 1830. The molecule has 0 saturated carbocycles. The number of benzene rings is 6. The number of para-hydroxylation sites is 3. The zero-order chi connectivity index (χ0) is 24.8. The molecule has 0 spiro atoms. The number of aromatic nitrogens is 1. The molecule has 37 heavy (non-hydrogen) atoms. The first-order valence-electron chi connectivity index (χ1n) is 12.7. The van der Waals surface area contributed by atoms with Gasteiger partial charge in [0.1, 0.15) is 0 Å². The van der Waals surface area contributed by atoms with E-state index in [1.807, 2.05) is 0 Å². The van der Waals surface area contributed by atoms with Crippen molar-refractivity contribution >= 4 is 49.6 Å². The maximum absolute atomic E-state index is 2.35. The van der Waals surface area contributed by atoms with Crippen LogP contribution < -0.4 is 4.90 Å². The molecule has 0 unspecified atom stereocenters. The van der Waals surface area contributed by atoms with E-state index in [4.69, 9.17) is 0 Å². The average Bonchev–Trinajstić information content (AvgIpc) is 3.27. The molecule has 2 heteroatoms. The number of fused-ring (bicyclic) bond motifs is 5. The van der Waals surface area contributed by atoms with Crippen LogP contribution in [-0.2, 0) is 7.05 Å². The predicted molar refractivity (Wildman–Crippen MR) is 158 cm³/mol. The first-order chi connectivity index (χ1) is 18.3. The van der Waals surface area contributed by atoms with Crippen LogP contribution in [0.1, 0.15) is 0 Å². The number of nitrogens with zero attached hydrogens (tertiary/aromatic N) is 2. The Morgan fingerprint density at radius 2 is 1.08 bits per heavy atom. The Morgan fingerprint density at radius 3 is 1.78 bits per heavy atom. The van der Waals surface area contributed by atoms with E-state index in [-0.39, 0.29) is 0 Å². The lowest BCUT2D eigenvalue weighted by Crippen LogP contribution is -2.09. The highest BCUT2D eigenvalue weighted by Crippen LogP contribution is 2.40. The second-order valence-electron chi connectivity index (χ2n) is 9.49. The van der Waals surface area contributed by atoms with Gasteiger partial charge in [-0.1, -0.05) is 97.1 Å². The van der Waals surface area contributed by atoms with Crippen molar-refractivity contribution < 1.29 is 0 Å². The Morgan fingerprint density at radius 1 is 0.486 bits per heavy atom. The van der Waals surface area contributed by atoms with Crippen LogP contribution in [0.3, 0.4) is 0 Å². The quantitative estimate of drug-likeness (QED) is 0.246. The molecule has 0 aliphatic carbocycles. The Balaban J connectivity index is 1.39. The van der Waals surface area contributed by atoms with Crippen LogP contribution in [0, 0.1) is 0 Å². The van der Waals surface area contributed by atoms with Gasteiger partial charge in [0.25, 0.3) is 0 Å². The molecular formula is C35H26N2. The van der Waals surface area contributed by atoms with Gasteiger partial charge in [-0.2, -0.15) is 0 Å². The number of hydrogen-bond donors (Lipinski definition) is 0. The van der Waals surface area contributed by atoms with Crippen LogP contribution in [0.25, 0.3) is 43.7 Å². The molecule has 0 amide bonds. The van der Waals surface area contributed by atoms with Gasteiger partial charge in [-0.15, -0.1) is 0 Å². The molecule has 0 bridgehead atoms. The summed E-state index contributed by atoms with van der Waals surface area (Å²) in [6.45, 7) is 0. The molecule has 176 valence electrons. The van der Waals surface area contributed by atoms with Gasteiger partial charge in [0, 0.05) is 46.0 Å². The highest BCUT2D eigenvalue weighted by Gasteiger charge is 2.16. The SMILES string of the molecule is Cn1c2ccc3ccccc3c2c2cccc(-c3ccc(N(c4ccccc4)c4ccccc4)cc3)c21. The number of aryl methyl sites for hydroxylation is 1. The zero-order valence-electron chi connectivity index (χ0n) is 20.7. The molecule has 1 heterocycles. The number of hydrogen-bond acceptors (Lipinski definition) is 1. The molecule has 7 rings (SSSR count). The Kier molecular flexibility index (Phi) is 5.04. The van der Waals surface area contributed by atoms with Crippen molar-refractivity contribution in [2.24, 2.45) is 7.05 Å². The molecule has 0 radical (unpaired) electrons. The van der Waals surface area contributed by atoms with Crippen LogP contribution >= 0.6 is 0 Å². The van der Waals surface area contributed by atoms with Crippen LogP contribution in [-0.4, -0.2) is 4.57 Å². The van der Waals surface area contributed by atoms with Crippen molar-refractivity contribution in [3.8, 4) is 11.1 Å². The van der Waals surface area contributed by atoms with E-state index in [0.29, 0.717) is 0 Å². The Hall–Kier alpha value is -4.82. The summed E-state index contributed by atoms with van der Waals surface area (Å²) in [4.78, 5) is 2.30. The van der Waals surface area contributed by atoms with E-state index in [2.05, 4.69) is 156 Å². The fourth-order valence-corrected chi connectivity index (χ4v) is 5.67. The summed E-state index contributed by atoms with van der Waals surface area (Å²) >= 11 is 0. The highest BCUT2D eigenvalue weighted by atomic mass is 15.1. The third kappa shape index (κ3) is 3.49. The van der Waals surface area contributed by atoms with Crippen molar-refractivity contribution in [2.45, 2.75) is 0 Å². The third-order valence-corrected chi connectivity index (χ3v) is 7.37. The molecule has 7 aromatic rings. The van der Waals surface area contributed by atoms with E-state index < -0.39 is 0 Å². The smallest absolute Gasteiger partial charge is 0.0568 e. The molecule has 0 atom stereocenters. The first-order valence-corrected chi connectivity index (χ1v) is 12.7. The molecule has 6 aromatic carbocycles. The summed E-state index contributed by atoms with van der Waals surface area (Å²) in [7, 11) is 2.18. The minimum atomic E-state index is 1.14. The van der Waals surface area contributed by atoms with Crippen molar-refractivity contribution in [1.82, 2.24) is 4.57 Å².